The van der Waals surface area contributed by atoms with E-state index in [4.69, 9.17) is 0 Å². The summed E-state index contributed by atoms with van der Waals surface area (Å²) >= 11 is 0. The maximum absolute atomic E-state index is 10.6. The van der Waals surface area contributed by atoms with Crippen LogP contribution >= 0.6 is 0 Å². The summed E-state index contributed by atoms with van der Waals surface area (Å²) in [4.78, 5) is 0.169. The van der Waals surface area contributed by atoms with Gasteiger partial charge in [0.1, 0.15) is 0 Å². The summed E-state index contributed by atoms with van der Waals surface area (Å²) in [6.07, 6.45) is 2.74. The molecule has 0 aromatic heterocycles. The summed E-state index contributed by atoms with van der Waals surface area (Å²) in [6.45, 7) is 3.45. The largest absolute Gasteiger partial charge is 0.297 e. The topological polar surface area (TPSA) is 43.4 Å². The van der Waals surface area contributed by atoms with Gasteiger partial charge in [0.05, 0.1) is 11.5 Å². The van der Waals surface area contributed by atoms with Gasteiger partial charge in [0.25, 0.3) is 10.1 Å². The van der Waals surface area contributed by atoms with E-state index in [0.717, 1.165) is 0 Å². The summed E-state index contributed by atoms with van der Waals surface area (Å²) in [5.74, 6) is 0. The van der Waals surface area contributed by atoms with E-state index in [9.17, 15) is 8.42 Å². The lowest BCUT2D eigenvalue weighted by atomic mass is 10.5. The van der Waals surface area contributed by atoms with Gasteiger partial charge in [0.15, 0.2) is 0 Å². The van der Waals surface area contributed by atoms with Crippen LogP contribution in [0.25, 0.3) is 0 Å². The van der Waals surface area contributed by atoms with Crippen LogP contribution in [-0.4, -0.2) is 15.0 Å². The molecule has 4 heteroatoms. The molecule has 0 bridgehead atoms. The van der Waals surface area contributed by atoms with E-state index in [0.29, 0.717) is 0 Å². The highest BCUT2D eigenvalue weighted by atomic mass is 32.2. The average Bonchev–Trinajstić information content (AvgIpc) is 2.08. The van der Waals surface area contributed by atoms with Crippen molar-refractivity contribution in [1.29, 1.82) is 0 Å². The molecule has 1 rings (SSSR count). The molecule has 0 amide bonds. The highest BCUT2D eigenvalue weighted by Crippen LogP contribution is 2.15. The Labute approximate surface area is 53.8 Å². The van der Waals surface area contributed by atoms with Crippen LogP contribution in [0, 0.1) is 0 Å². The fourth-order valence-corrected chi connectivity index (χ4v) is 1.42. The fraction of sp³-hybridized carbons (Fsp3) is 0.200. The van der Waals surface area contributed by atoms with Gasteiger partial charge in [-0.3, -0.25) is 4.18 Å². The summed E-state index contributed by atoms with van der Waals surface area (Å²) in [7, 11) is -3.39. The minimum absolute atomic E-state index is 0.143. The molecule has 0 saturated heterocycles. The van der Waals surface area contributed by atoms with E-state index in [1.165, 1.54) is 12.2 Å². The number of rotatable bonds is 1. The van der Waals surface area contributed by atoms with Crippen molar-refractivity contribution in [3.8, 4) is 0 Å². The molecule has 0 aromatic rings. The van der Waals surface area contributed by atoms with Crippen molar-refractivity contribution in [2.24, 2.45) is 0 Å². The molecule has 0 saturated carbocycles. The van der Waals surface area contributed by atoms with Crippen molar-refractivity contribution in [2.45, 2.75) is 0 Å². The van der Waals surface area contributed by atoms with Gasteiger partial charge >= 0.3 is 0 Å². The summed E-state index contributed by atoms with van der Waals surface area (Å²) in [6, 6.07) is 0. The minimum atomic E-state index is -3.39. The van der Waals surface area contributed by atoms with Gasteiger partial charge in [-0.1, -0.05) is 6.58 Å². The average molecular weight is 146 g/mol. The minimum Gasteiger partial charge on any atom is -0.262 e. The fourth-order valence-electron chi connectivity index (χ4n) is 0.561. The monoisotopic (exact) mass is 146 g/mol. The molecule has 1 heterocycles. The second kappa shape index (κ2) is 1.97. The predicted molar refractivity (Wildman–Crippen MR) is 33.2 cm³/mol. The number of allylic oxidation sites excluding steroid dienone is 1. The van der Waals surface area contributed by atoms with E-state index in [-0.39, 0.29) is 11.5 Å². The SMILES string of the molecule is C=CC1=CCOS1(=O)=O. The molecule has 0 aromatic carbocycles. The maximum Gasteiger partial charge on any atom is 0.297 e. The van der Waals surface area contributed by atoms with Crippen LogP contribution in [0.4, 0.5) is 0 Å². The molecular weight excluding hydrogens is 140 g/mol. The smallest absolute Gasteiger partial charge is 0.262 e. The Bertz CT molecular complexity index is 247. The first-order valence-electron chi connectivity index (χ1n) is 2.39. The molecule has 1 aliphatic rings. The van der Waals surface area contributed by atoms with Crippen molar-refractivity contribution >= 4 is 10.1 Å². The van der Waals surface area contributed by atoms with Gasteiger partial charge in [0, 0.05) is 0 Å². The van der Waals surface area contributed by atoms with Gasteiger partial charge in [-0.25, -0.2) is 0 Å². The normalized spacial score (nSPS) is 23.3. The number of hydrogen-bond donors (Lipinski definition) is 0. The molecule has 0 atom stereocenters. The maximum atomic E-state index is 10.6. The Morgan fingerprint density at radius 3 is 2.67 bits per heavy atom. The van der Waals surface area contributed by atoms with Crippen molar-refractivity contribution in [2.75, 3.05) is 6.61 Å². The van der Waals surface area contributed by atoms with Crippen molar-refractivity contribution in [3.05, 3.63) is 23.6 Å². The molecule has 0 aliphatic carbocycles. The third kappa shape index (κ3) is 1.04. The first-order chi connectivity index (χ1) is 4.17. The zero-order valence-corrected chi connectivity index (χ0v) is 5.52. The van der Waals surface area contributed by atoms with Crippen LogP contribution in [0.3, 0.4) is 0 Å². The highest BCUT2D eigenvalue weighted by molar-refractivity contribution is 7.91. The molecule has 0 N–H and O–H groups in total. The van der Waals surface area contributed by atoms with Gasteiger partial charge < -0.3 is 0 Å². The third-order valence-electron chi connectivity index (χ3n) is 0.998. The number of hydrogen-bond acceptors (Lipinski definition) is 3. The molecular formula is C5H6O3S. The van der Waals surface area contributed by atoms with Crippen LogP contribution in [-0.2, 0) is 14.3 Å². The van der Waals surface area contributed by atoms with Gasteiger partial charge in [-0.2, -0.15) is 8.42 Å². The zero-order chi connectivity index (χ0) is 6.91. The van der Waals surface area contributed by atoms with Crippen molar-refractivity contribution in [1.82, 2.24) is 0 Å². The zero-order valence-electron chi connectivity index (χ0n) is 4.70. The molecule has 1 aliphatic heterocycles. The van der Waals surface area contributed by atoms with E-state index in [1.807, 2.05) is 0 Å². The van der Waals surface area contributed by atoms with Crippen LogP contribution < -0.4 is 0 Å². The Balaban J connectivity index is 3.09. The summed E-state index contributed by atoms with van der Waals surface area (Å²) < 4.78 is 25.6. The van der Waals surface area contributed by atoms with Crippen LogP contribution in [0.15, 0.2) is 23.6 Å². The first kappa shape index (κ1) is 6.51. The Morgan fingerprint density at radius 1 is 1.78 bits per heavy atom. The molecule has 0 spiro atoms. The summed E-state index contributed by atoms with van der Waals surface area (Å²) in [5.41, 5.74) is 0. The van der Waals surface area contributed by atoms with E-state index < -0.39 is 10.1 Å². The lowest BCUT2D eigenvalue weighted by molar-refractivity contribution is 0.374. The molecule has 0 fully saturated rings. The third-order valence-corrected chi connectivity index (χ3v) is 2.35. The molecule has 9 heavy (non-hydrogen) atoms. The molecule has 0 radical (unpaired) electrons. The van der Waals surface area contributed by atoms with Gasteiger partial charge in [0.2, 0.25) is 0 Å². The molecule has 50 valence electrons. The van der Waals surface area contributed by atoms with E-state index >= 15 is 0 Å². The predicted octanol–water partition coefficient (Wildman–Crippen LogP) is 0.416. The standard InChI is InChI=1S/C5H6O3S/c1-2-5-3-4-8-9(5,6)7/h2-3H,1,4H2. The van der Waals surface area contributed by atoms with Crippen molar-refractivity contribution < 1.29 is 12.6 Å². The Morgan fingerprint density at radius 2 is 2.44 bits per heavy atom. The second-order valence-electron chi connectivity index (χ2n) is 1.55. The van der Waals surface area contributed by atoms with Crippen molar-refractivity contribution in [3.63, 3.8) is 0 Å². The van der Waals surface area contributed by atoms with Gasteiger partial charge in [-0.05, 0) is 12.2 Å². The van der Waals surface area contributed by atoms with Crippen LogP contribution in [0.2, 0.25) is 0 Å². The quantitative estimate of drug-likeness (QED) is 0.503. The molecule has 0 unspecified atom stereocenters. The van der Waals surface area contributed by atoms with E-state index in [2.05, 4.69) is 10.8 Å². The lowest BCUT2D eigenvalue weighted by Gasteiger charge is -1.90. The Hall–Kier alpha value is -0.610. The van der Waals surface area contributed by atoms with Gasteiger partial charge in [-0.15, -0.1) is 0 Å². The van der Waals surface area contributed by atoms with Crippen LogP contribution in [0.1, 0.15) is 0 Å². The van der Waals surface area contributed by atoms with Crippen LogP contribution in [0.5, 0.6) is 0 Å². The highest BCUT2D eigenvalue weighted by Gasteiger charge is 2.20. The van der Waals surface area contributed by atoms with E-state index in [1.54, 1.807) is 0 Å². The lowest BCUT2D eigenvalue weighted by Crippen LogP contribution is -1.98. The molecule has 3 nitrogen and oxygen atoms in total. The summed E-state index contributed by atoms with van der Waals surface area (Å²) in [5, 5.41) is 0. The first-order valence-corrected chi connectivity index (χ1v) is 3.79. The second-order valence-corrected chi connectivity index (χ2v) is 3.16. The Kier molecular flexibility index (Phi) is 1.42.